The van der Waals surface area contributed by atoms with E-state index in [2.05, 4.69) is 0 Å². The normalized spacial score (nSPS) is 9.40. The average Bonchev–Trinajstić information content (AvgIpc) is 2.30. The Hall–Kier alpha value is -1.32. The Labute approximate surface area is 58.5 Å². The predicted octanol–water partition coefficient (Wildman–Crippen LogP) is 0.879. The van der Waals surface area contributed by atoms with Gasteiger partial charge in [0.25, 0.3) is 0 Å². The summed E-state index contributed by atoms with van der Waals surface area (Å²) in [5.74, 6) is 1.20. The van der Waals surface area contributed by atoms with E-state index in [1.807, 2.05) is 0 Å². The maximum Gasteiger partial charge on any atom is 0.237 e. The molecule has 0 spiro atoms. The summed E-state index contributed by atoms with van der Waals surface area (Å²) in [6.07, 6.45) is 1.40. The Morgan fingerprint density at radius 2 is 2.10 bits per heavy atom. The molecule has 0 aliphatic rings. The summed E-state index contributed by atoms with van der Waals surface area (Å²) in [5.41, 5.74) is 5.36. The van der Waals surface area contributed by atoms with Crippen LogP contribution in [-0.2, 0) is 0 Å². The minimum atomic E-state index is 0.236. The number of hydrogen-bond donors (Lipinski definition) is 1. The van der Waals surface area contributed by atoms with E-state index in [9.17, 15) is 0 Å². The highest BCUT2D eigenvalue weighted by Crippen LogP contribution is 2.34. The molecule has 4 nitrogen and oxygen atoms in total. The van der Waals surface area contributed by atoms with Gasteiger partial charge in [-0.2, -0.15) is 0 Å². The van der Waals surface area contributed by atoms with E-state index in [1.54, 1.807) is 0 Å². The second-order valence-electron chi connectivity index (χ2n) is 1.70. The Morgan fingerprint density at radius 1 is 1.40 bits per heavy atom. The number of nitrogen functional groups attached to an aromatic ring is 1. The lowest BCUT2D eigenvalue weighted by molar-refractivity contribution is 0.359. The van der Waals surface area contributed by atoms with Gasteiger partial charge < -0.3 is 19.6 Å². The van der Waals surface area contributed by atoms with Gasteiger partial charge in [-0.25, -0.2) is 0 Å². The summed E-state index contributed by atoms with van der Waals surface area (Å²) >= 11 is 0. The summed E-state index contributed by atoms with van der Waals surface area (Å²) in [6.45, 7) is 0. The Bertz CT molecular complexity index is 219. The lowest BCUT2D eigenvalue weighted by atomic mass is 10.5. The van der Waals surface area contributed by atoms with Gasteiger partial charge in [0.1, 0.15) is 6.26 Å². The minimum absolute atomic E-state index is 0.236. The van der Waals surface area contributed by atoms with Gasteiger partial charge in [-0.15, -0.1) is 0 Å². The lowest BCUT2D eigenvalue weighted by Gasteiger charge is -1.98. The molecule has 0 aromatic carbocycles. The first-order valence-electron chi connectivity index (χ1n) is 2.74. The van der Waals surface area contributed by atoms with Crippen molar-refractivity contribution in [2.75, 3.05) is 20.0 Å². The van der Waals surface area contributed by atoms with Crippen molar-refractivity contribution in [1.29, 1.82) is 0 Å². The van der Waals surface area contributed by atoms with Gasteiger partial charge in [0.2, 0.25) is 17.4 Å². The van der Waals surface area contributed by atoms with E-state index in [0.29, 0.717) is 11.5 Å². The third-order valence-electron chi connectivity index (χ3n) is 1.16. The van der Waals surface area contributed by atoms with Crippen LogP contribution >= 0.6 is 0 Å². The number of rotatable bonds is 2. The van der Waals surface area contributed by atoms with E-state index in [0.717, 1.165) is 0 Å². The van der Waals surface area contributed by atoms with Crippen LogP contribution in [0.1, 0.15) is 0 Å². The summed E-state index contributed by atoms with van der Waals surface area (Å²) in [6, 6.07) is 0. The number of ether oxygens (including phenoxy) is 2. The highest BCUT2D eigenvalue weighted by molar-refractivity contribution is 5.53. The Balaban J connectivity index is 3.01. The van der Waals surface area contributed by atoms with Crippen molar-refractivity contribution in [1.82, 2.24) is 0 Å². The standard InChI is InChI=1S/C6H9NO3/c1-8-4-3-10-6(7)5(4)9-2/h3H,7H2,1-2H3. The Morgan fingerprint density at radius 3 is 2.50 bits per heavy atom. The molecule has 0 saturated heterocycles. The zero-order valence-corrected chi connectivity index (χ0v) is 5.88. The van der Waals surface area contributed by atoms with Gasteiger partial charge in [-0.1, -0.05) is 0 Å². The smallest absolute Gasteiger partial charge is 0.237 e. The molecule has 0 bridgehead atoms. The quantitative estimate of drug-likeness (QED) is 0.667. The van der Waals surface area contributed by atoms with Crippen LogP contribution < -0.4 is 15.2 Å². The van der Waals surface area contributed by atoms with Crippen LogP contribution in [0.25, 0.3) is 0 Å². The van der Waals surface area contributed by atoms with E-state index >= 15 is 0 Å². The molecule has 1 rings (SSSR count). The van der Waals surface area contributed by atoms with Crippen LogP contribution in [0.2, 0.25) is 0 Å². The van der Waals surface area contributed by atoms with Crippen LogP contribution in [0, 0.1) is 0 Å². The van der Waals surface area contributed by atoms with Gasteiger partial charge in [0.15, 0.2) is 0 Å². The number of hydrogen-bond acceptors (Lipinski definition) is 4. The Kier molecular flexibility index (Phi) is 1.71. The van der Waals surface area contributed by atoms with Gasteiger partial charge in [0.05, 0.1) is 14.2 Å². The van der Waals surface area contributed by atoms with E-state index in [4.69, 9.17) is 19.6 Å². The third-order valence-corrected chi connectivity index (χ3v) is 1.16. The number of methoxy groups -OCH3 is 2. The van der Waals surface area contributed by atoms with E-state index < -0.39 is 0 Å². The average molecular weight is 143 g/mol. The molecule has 4 heteroatoms. The van der Waals surface area contributed by atoms with Crippen LogP contribution in [0.5, 0.6) is 11.5 Å². The SMILES string of the molecule is COc1coc(N)c1OC. The molecule has 2 N–H and O–H groups in total. The monoisotopic (exact) mass is 143 g/mol. The molecule has 0 unspecified atom stereocenters. The van der Waals surface area contributed by atoms with Crippen molar-refractivity contribution in [2.45, 2.75) is 0 Å². The fourth-order valence-electron chi connectivity index (χ4n) is 0.687. The minimum Gasteiger partial charge on any atom is -0.490 e. The molecule has 0 radical (unpaired) electrons. The van der Waals surface area contributed by atoms with Crippen LogP contribution in [0.3, 0.4) is 0 Å². The molecule has 0 saturated carbocycles. The lowest BCUT2D eigenvalue weighted by Crippen LogP contribution is -1.89. The first kappa shape index (κ1) is 6.80. The molecule has 0 amide bonds. The fourth-order valence-corrected chi connectivity index (χ4v) is 0.687. The van der Waals surface area contributed by atoms with E-state index in [1.165, 1.54) is 20.5 Å². The van der Waals surface area contributed by atoms with Crippen molar-refractivity contribution < 1.29 is 13.9 Å². The van der Waals surface area contributed by atoms with Gasteiger partial charge in [0, 0.05) is 0 Å². The molecule has 1 heterocycles. The molecule has 10 heavy (non-hydrogen) atoms. The summed E-state index contributed by atoms with van der Waals surface area (Å²) in [5, 5.41) is 0. The molecule has 0 atom stereocenters. The van der Waals surface area contributed by atoms with Gasteiger partial charge >= 0.3 is 0 Å². The second-order valence-corrected chi connectivity index (χ2v) is 1.70. The number of nitrogens with two attached hydrogens (primary N) is 1. The number of furan rings is 1. The molecule has 0 fully saturated rings. The highest BCUT2D eigenvalue weighted by atomic mass is 16.5. The largest absolute Gasteiger partial charge is 0.490 e. The second kappa shape index (κ2) is 2.51. The summed E-state index contributed by atoms with van der Waals surface area (Å²) in [7, 11) is 3.02. The first-order chi connectivity index (χ1) is 4.79. The van der Waals surface area contributed by atoms with Crippen LogP contribution in [0.15, 0.2) is 10.7 Å². The van der Waals surface area contributed by atoms with Crippen molar-refractivity contribution in [3.05, 3.63) is 6.26 Å². The summed E-state index contributed by atoms with van der Waals surface area (Å²) < 4.78 is 14.5. The fraction of sp³-hybridized carbons (Fsp3) is 0.333. The topological polar surface area (TPSA) is 57.6 Å². The molecule has 1 aromatic rings. The zero-order chi connectivity index (χ0) is 7.56. The van der Waals surface area contributed by atoms with Crippen molar-refractivity contribution in [3.8, 4) is 11.5 Å². The third kappa shape index (κ3) is 0.877. The molecule has 0 aliphatic carbocycles. The molecule has 1 aromatic heterocycles. The van der Waals surface area contributed by atoms with E-state index in [-0.39, 0.29) is 5.88 Å². The van der Waals surface area contributed by atoms with Crippen molar-refractivity contribution >= 4 is 5.88 Å². The van der Waals surface area contributed by atoms with Crippen molar-refractivity contribution in [2.24, 2.45) is 0 Å². The summed E-state index contributed by atoms with van der Waals surface area (Å²) in [4.78, 5) is 0. The predicted molar refractivity (Wildman–Crippen MR) is 36.2 cm³/mol. The van der Waals surface area contributed by atoms with Crippen LogP contribution in [-0.4, -0.2) is 14.2 Å². The number of anilines is 1. The first-order valence-corrected chi connectivity index (χ1v) is 2.74. The molecule has 56 valence electrons. The molecular weight excluding hydrogens is 134 g/mol. The van der Waals surface area contributed by atoms with Gasteiger partial charge in [-0.05, 0) is 0 Å². The van der Waals surface area contributed by atoms with Crippen LogP contribution in [0.4, 0.5) is 5.88 Å². The van der Waals surface area contributed by atoms with Crippen molar-refractivity contribution in [3.63, 3.8) is 0 Å². The maximum atomic E-state index is 5.36. The highest BCUT2D eigenvalue weighted by Gasteiger charge is 2.10. The van der Waals surface area contributed by atoms with Gasteiger partial charge in [-0.3, -0.25) is 0 Å². The molecular formula is C6H9NO3. The zero-order valence-electron chi connectivity index (χ0n) is 5.88. The molecule has 0 aliphatic heterocycles. The maximum absolute atomic E-state index is 5.36.